The Bertz CT molecular complexity index is 1240. The Labute approximate surface area is 275 Å². The van der Waals surface area contributed by atoms with Crippen LogP contribution < -0.4 is 15.4 Å². The topological polar surface area (TPSA) is 206 Å². The van der Waals surface area contributed by atoms with Crippen molar-refractivity contribution in [2.75, 3.05) is 25.0 Å². The average Bonchev–Trinajstić information content (AvgIpc) is 3.07. The van der Waals surface area contributed by atoms with Crippen LogP contribution in [0, 0.1) is 5.92 Å². The molecule has 0 aliphatic carbocycles. The zero-order valence-electron chi connectivity index (χ0n) is 27.1. The molecule has 0 saturated heterocycles. The minimum absolute atomic E-state index is 0.00655. The molecule has 260 valence electrons. The first-order valence-electron chi connectivity index (χ1n) is 16.1. The standard InChI is InChI=1S/C34H49N3O10/c1-3-4-14-28(39)37(21-11-6-5-10-20-35-32(43)24-12-8-7-9-13-24)22-19-27(38)36-25-15-17-26(18-16-25)47-34(46)31(42)30(41)29(40)23(2)33(44)45/h7-9,12-13,15-18,23,29-31,34,40-42,46H,3-6,10-11,14,19-22H2,1-2H3,(H,35,43)(H,36,38)(H,44,45). The number of unbranched alkanes of at least 4 members (excludes halogenated alkanes) is 4. The number of hydrogen-bond acceptors (Lipinski definition) is 9. The van der Waals surface area contributed by atoms with Gasteiger partial charge in [-0.2, -0.15) is 0 Å². The van der Waals surface area contributed by atoms with Crippen LogP contribution in [-0.2, 0) is 14.4 Å². The lowest BCUT2D eigenvalue weighted by atomic mass is 9.96. The number of carbonyl (C=O) groups excluding carboxylic acids is 3. The van der Waals surface area contributed by atoms with E-state index < -0.39 is 36.5 Å². The van der Waals surface area contributed by atoms with E-state index in [1.54, 1.807) is 17.0 Å². The van der Waals surface area contributed by atoms with Crippen LogP contribution >= 0.6 is 0 Å². The normalized spacial score (nSPS) is 14.3. The summed E-state index contributed by atoms with van der Waals surface area (Å²) in [6, 6.07) is 14.8. The molecule has 2 aromatic rings. The molecule has 0 fully saturated rings. The van der Waals surface area contributed by atoms with E-state index in [1.165, 1.54) is 24.3 Å². The maximum atomic E-state index is 12.8. The van der Waals surface area contributed by atoms with Crippen molar-refractivity contribution in [2.24, 2.45) is 5.92 Å². The van der Waals surface area contributed by atoms with Crippen LogP contribution in [0.25, 0.3) is 0 Å². The molecular formula is C34H49N3O10. The molecular weight excluding hydrogens is 610 g/mol. The van der Waals surface area contributed by atoms with Crippen LogP contribution in [0.15, 0.2) is 54.6 Å². The summed E-state index contributed by atoms with van der Waals surface area (Å²) in [5, 5.41) is 54.7. The molecule has 47 heavy (non-hydrogen) atoms. The van der Waals surface area contributed by atoms with E-state index in [-0.39, 0.29) is 36.4 Å². The molecule has 2 rings (SSSR count). The fourth-order valence-electron chi connectivity index (χ4n) is 4.62. The number of benzene rings is 2. The highest BCUT2D eigenvalue weighted by atomic mass is 16.6. The SMILES string of the molecule is CCCCC(=O)N(CCCCCCNC(=O)c1ccccc1)CCC(=O)Nc1ccc(OC(O)C(O)C(O)C(O)C(C)C(=O)O)cc1. The first kappa shape index (κ1) is 39.1. The zero-order valence-corrected chi connectivity index (χ0v) is 27.1. The largest absolute Gasteiger partial charge is 0.481 e. The summed E-state index contributed by atoms with van der Waals surface area (Å²) < 4.78 is 5.19. The number of nitrogens with zero attached hydrogens (tertiary/aromatic N) is 1. The van der Waals surface area contributed by atoms with Crippen LogP contribution in [0.2, 0.25) is 0 Å². The first-order valence-corrected chi connectivity index (χ1v) is 16.1. The predicted molar refractivity (Wildman–Crippen MR) is 174 cm³/mol. The number of carbonyl (C=O) groups is 4. The summed E-state index contributed by atoms with van der Waals surface area (Å²) in [4.78, 5) is 50.3. The van der Waals surface area contributed by atoms with Crippen molar-refractivity contribution in [3.63, 3.8) is 0 Å². The fraction of sp³-hybridized carbons (Fsp3) is 0.529. The van der Waals surface area contributed by atoms with Crippen molar-refractivity contribution in [1.82, 2.24) is 10.2 Å². The lowest BCUT2D eigenvalue weighted by Gasteiger charge is -2.28. The minimum Gasteiger partial charge on any atom is -0.481 e. The number of carboxylic acid groups (broad SMARTS) is 1. The number of hydrogen-bond donors (Lipinski definition) is 7. The van der Waals surface area contributed by atoms with Gasteiger partial charge in [-0.1, -0.05) is 44.4 Å². The van der Waals surface area contributed by atoms with E-state index in [2.05, 4.69) is 10.6 Å². The van der Waals surface area contributed by atoms with Gasteiger partial charge in [-0.25, -0.2) is 0 Å². The van der Waals surface area contributed by atoms with Crippen LogP contribution in [-0.4, -0.2) is 98.4 Å². The molecule has 0 radical (unpaired) electrons. The second-order valence-corrected chi connectivity index (χ2v) is 11.5. The molecule has 13 heteroatoms. The zero-order chi connectivity index (χ0) is 34.8. The number of amides is 3. The minimum atomic E-state index is -2.00. The third-order valence-electron chi connectivity index (χ3n) is 7.67. The first-order chi connectivity index (χ1) is 22.4. The van der Waals surface area contributed by atoms with Crippen molar-refractivity contribution >= 4 is 29.4 Å². The molecule has 0 spiro atoms. The Morgan fingerprint density at radius 3 is 2.09 bits per heavy atom. The molecule has 0 bridgehead atoms. The smallest absolute Gasteiger partial charge is 0.308 e. The lowest BCUT2D eigenvalue weighted by Crippen LogP contribution is -2.49. The Morgan fingerprint density at radius 1 is 0.787 bits per heavy atom. The second kappa shape index (κ2) is 21.0. The van der Waals surface area contributed by atoms with Crippen LogP contribution in [0.3, 0.4) is 0 Å². The van der Waals surface area contributed by atoms with Gasteiger partial charge in [0.25, 0.3) is 5.91 Å². The summed E-state index contributed by atoms with van der Waals surface area (Å²) in [5.41, 5.74) is 1.05. The fourth-order valence-corrected chi connectivity index (χ4v) is 4.62. The molecule has 0 saturated carbocycles. The van der Waals surface area contributed by atoms with E-state index in [0.717, 1.165) is 45.4 Å². The third-order valence-corrected chi connectivity index (χ3v) is 7.67. The number of aliphatic hydroxyl groups is 4. The van der Waals surface area contributed by atoms with Crippen molar-refractivity contribution in [1.29, 1.82) is 0 Å². The number of carboxylic acids is 1. The maximum absolute atomic E-state index is 12.8. The number of nitrogens with one attached hydrogen (secondary N) is 2. The Balaban J connectivity index is 1.77. The quantitative estimate of drug-likeness (QED) is 0.0726. The van der Waals surface area contributed by atoms with Gasteiger partial charge in [0.15, 0.2) is 0 Å². The van der Waals surface area contributed by atoms with Gasteiger partial charge < -0.3 is 45.8 Å². The summed E-state index contributed by atoms with van der Waals surface area (Å²) in [6.07, 6.45) is -2.26. The maximum Gasteiger partial charge on any atom is 0.308 e. The Kier molecular flexibility index (Phi) is 17.5. The molecule has 13 nitrogen and oxygen atoms in total. The second-order valence-electron chi connectivity index (χ2n) is 11.5. The number of aliphatic carboxylic acids is 1. The molecule has 3 amide bonds. The van der Waals surface area contributed by atoms with Gasteiger partial charge in [0, 0.05) is 43.7 Å². The van der Waals surface area contributed by atoms with Crippen molar-refractivity contribution in [3.8, 4) is 5.75 Å². The van der Waals surface area contributed by atoms with Crippen LogP contribution in [0.1, 0.15) is 75.6 Å². The van der Waals surface area contributed by atoms with E-state index >= 15 is 0 Å². The van der Waals surface area contributed by atoms with Crippen LogP contribution in [0.5, 0.6) is 5.75 Å². The van der Waals surface area contributed by atoms with Gasteiger partial charge in [-0.05, 0) is 62.6 Å². The molecule has 2 aromatic carbocycles. The van der Waals surface area contributed by atoms with Gasteiger partial charge in [0.2, 0.25) is 18.1 Å². The van der Waals surface area contributed by atoms with Gasteiger partial charge in [-0.15, -0.1) is 0 Å². The highest BCUT2D eigenvalue weighted by molar-refractivity contribution is 5.94. The van der Waals surface area contributed by atoms with Crippen molar-refractivity contribution in [2.45, 2.75) is 89.8 Å². The van der Waals surface area contributed by atoms with Crippen molar-refractivity contribution < 1.29 is 49.4 Å². The Morgan fingerprint density at radius 2 is 1.45 bits per heavy atom. The highest BCUT2D eigenvalue weighted by Crippen LogP contribution is 2.20. The summed E-state index contributed by atoms with van der Waals surface area (Å²) >= 11 is 0. The highest BCUT2D eigenvalue weighted by Gasteiger charge is 2.37. The van der Waals surface area contributed by atoms with Gasteiger partial charge in [0.05, 0.1) is 12.0 Å². The van der Waals surface area contributed by atoms with E-state index in [4.69, 9.17) is 9.84 Å². The Hall–Kier alpha value is -4.04. The van der Waals surface area contributed by atoms with Gasteiger partial charge >= 0.3 is 5.97 Å². The molecule has 0 heterocycles. The average molecular weight is 660 g/mol. The summed E-state index contributed by atoms with van der Waals surface area (Å²) in [5.74, 6) is -3.10. The third kappa shape index (κ3) is 14.1. The number of anilines is 1. The monoisotopic (exact) mass is 659 g/mol. The predicted octanol–water partition coefficient (Wildman–Crippen LogP) is 2.52. The lowest BCUT2D eigenvalue weighted by molar-refractivity contribution is -0.177. The van der Waals surface area contributed by atoms with Crippen LogP contribution in [0.4, 0.5) is 5.69 Å². The molecule has 0 aliphatic rings. The molecule has 7 N–H and O–H groups in total. The number of ether oxygens (including phenoxy) is 1. The van der Waals surface area contributed by atoms with Crippen molar-refractivity contribution in [3.05, 3.63) is 60.2 Å². The number of aliphatic hydroxyl groups excluding tert-OH is 4. The molecule has 5 atom stereocenters. The summed E-state index contributed by atoms with van der Waals surface area (Å²) in [6.45, 7) is 4.53. The molecule has 5 unspecified atom stereocenters. The van der Waals surface area contributed by atoms with E-state index in [9.17, 15) is 39.6 Å². The van der Waals surface area contributed by atoms with E-state index in [0.29, 0.717) is 30.8 Å². The van der Waals surface area contributed by atoms with E-state index in [1.807, 2.05) is 25.1 Å². The molecule has 0 aliphatic heterocycles. The van der Waals surface area contributed by atoms with Gasteiger partial charge in [0.1, 0.15) is 18.0 Å². The van der Waals surface area contributed by atoms with Gasteiger partial charge in [-0.3, -0.25) is 19.2 Å². The molecule has 0 aromatic heterocycles. The number of rotatable bonds is 22. The summed E-state index contributed by atoms with van der Waals surface area (Å²) in [7, 11) is 0.